The Hall–Kier alpha value is -1.96. The number of rotatable bonds is 6. The van der Waals surface area contributed by atoms with Crippen molar-refractivity contribution >= 4 is 21.7 Å². The van der Waals surface area contributed by atoms with Gasteiger partial charge in [0.25, 0.3) is 5.91 Å². The summed E-state index contributed by atoms with van der Waals surface area (Å²) in [7, 11) is -3.33. The summed E-state index contributed by atoms with van der Waals surface area (Å²) in [6.45, 7) is 1.48. The summed E-state index contributed by atoms with van der Waals surface area (Å²) in [6, 6.07) is 2.31. The van der Waals surface area contributed by atoms with Crippen molar-refractivity contribution in [2.75, 3.05) is 12.0 Å². The third-order valence-electron chi connectivity index (χ3n) is 2.80. The Kier molecular flexibility index (Phi) is 5.42. The molecule has 116 valence electrons. The lowest BCUT2D eigenvalue weighted by Crippen LogP contribution is -2.41. The molecule has 1 aromatic carbocycles. The fourth-order valence-electron chi connectivity index (χ4n) is 1.62. The van der Waals surface area contributed by atoms with Crippen LogP contribution in [0.1, 0.15) is 22.3 Å². The number of aryl methyl sites for hydroxylation is 1. The van der Waals surface area contributed by atoms with Gasteiger partial charge in [0.1, 0.15) is 21.7 Å². The summed E-state index contributed by atoms with van der Waals surface area (Å²) in [4.78, 5) is 22.9. The van der Waals surface area contributed by atoms with E-state index in [1.54, 1.807) is 0 Å². The highest BCUT2D eigenvalue weighted by atomic mass is 32.2. The highest BCUT2D eigenvalue weighted by molar-refractivity contribution is 7.90. The molecule has 0 heterocycles. The van der Waals surface area contributed by atoms with Crippen LogP contribution in [-0.2, 0) is 14.6 Å². The van der Waals surface area contributed by atoms with Gasteiger partial charge < -0.3 is 10.4 Å². The molecule has 8 heteroatoms. The van der Waals surface area contributed by atoms with E-state index in [9.17, 15) is 22.4 Å². The molecule has 1 atom stereocenters. The van der Waals surface area contributed by atoms with Gasteiger partial charge in [-0.25, -0.2) is 17.6 Å². The van der Waals surface area contributed by atoms with Crippen LogP contribution in [0.5, 0.6) is 0 Å². The minimum atomic E-state index is -3.33. The van der Waals surface area contributed by atoms with Gasteiger partial charge in [-0.15, -0.1) is 0 Å². The molecule has 1 unspecified atom stereocenters. The van der Waals surface area contributed by atoms with E-state index in [2.05, 4.69) is 5.32 Å². The highest BCUT2D eigenvalue weighted by Crippen LogP contribution is 2.10. The van der Waals surface area contributed by atoms with Crippen LogP contribution in [0.3, 0.4) is 0 Å². The first-order chi connectivity index (χ1) is 9.60. The van der Waals surface area contributed by atoms with E-state index in [1.807, 2.05) is 0 Å². The van der Waals surface area contributed by atoms with Gasteiger partial charge in [-0.3, -0.25) is 4.79 Å². The number of carbonyl (C=O) groups excluding carboxylic acids is 1. The lowest BCUT2D eigenvalue weighted by atomic mass is 10.1. The third-order valence-corrected chi connectivity index (χ3v) is 3.78. The molecule has 0 fully saturated rings. The van der Waals surface area contributed by atoms with E-state index in [1.165, 1.54) is 19.1 Å². The predicted molar refractivity (Wildman–Crippen MR) is 74.4 cm³/mol. The molecule has 0 aromatic heterocycles. The number of aliphatic carboxylic acids is 1. The second kappa shape index (κ2) is 6.66. The number of hydrogen-bond acceptors (Lipinski definition) is 4. The van der Waals surface area contributed by atoms with Gasteiger partial charge in [-0.2, -0.15) is 0 Å². The quantitative estimate of drug-likeness (QED) is 0.806. The van der Waals surface area contributed by atoms with Crippen molar-refractivity contribution in [2.45, 2.75) is 19.4 Å². The molecule has 0 aliphatic carbocycles. The Morgan fingerprint density at radius 3 is 2.48 bits per heavy atom. The predicted octanol–water partition coefficient (Wildman–Crippen LogP) is 0.752. The van der Waals surface area contributed by atoms with E-state index in [-0.39, 0.29) is 23.3 Å². The maximum absolute atomic E-state index is 13.1. The van der Waals surface area contributed by atoms with E-state index < -0.39 is 33.6 Å². The molecule has 6 nitrogen and oxygen atoms in total. The summed E-state index contributed by atoms with van der Waals surface area (Å²) < 4.78 is 35.2. The fourth-order valence-corrected chi connectivity index (χ4v) is 2.28. The van der Waals surface area contributed by atoms with Crippen molar-refractivity contribution in [3.63, 3.8) is 0 Å². The van der Waals surface area contributed by atoms with E-state index >= 15 is 0 Å². The van der Waals surface area contributed by atoms with Crippen LogP contribution in [-0.4, -0.2) is 43.5 Å². The minimum absolute atomic E-state index is 0.111. The Labute approximate surface area is 121 Å². The first kappa shape index (κ1) is 17.1. The summed E-state index contributed by atoms with van der Waals surface area (Å²) in [5.41, 5.74) is 0.366. The number of sulfone groups is 1. The van der Waals surface area contributed by atoms with Crippen molar-refractivity contribution in [3.8, 4) is 0 Å². The molecule has 0 aliphatic heterocycles. The lowest BCUT2D eigenvalue weighted by Gasteiger charge is -2.14. The van der Waals surface area contributed by atoms with Crippen LogP contribution < -0.4 is 5.32 Å². The summed E-state index contributed by atoms with van der Waals surface area (Å²) in [6.07, 6.45) is 0.747. The van der Waals surface area contributed by atoms with Gasteiger partial charge in [0.2, 0.25) is 0 Å². The van der Waals surface area contributed by atoms with Crippen molar-refractivity contribution < 1.29 is 27.5 Å². The normalized spacial score (nSPS) is 12.7. The Morgan fingerprint density at radius 2 is 2.00 bits per heavy atom. The molecule has 0 saturated carbocycles. The van der Waals surface area contributed by atoms with Crippen LogP contribution in [0.2, 0.25) is 0 Å². The maximum atomic E-state index is 13.1. The van der Waals surface area contributed by atoms with Crippen molar-refractivity contribution in [2.24, 2.45) is 0 Å². The SMILES string of the molecule is Cc1cc(C(=O)NC(CCS(C)(=O)=O)C(=O)O)ccc1F. The van der Waals surface area contributed by atoms with Gasteiger partial charge >= 0.3 is 5.97 Å². The van der Waals surface area contributed by atoms with Crippen molar-refractivity contribution in [1.82, 2.24) is 5.32 Å². The van der Waals surface area contributed by atoms with Crippen LogP contribution >= 0.6 is 0 Å². The van der Waals surface area contributed by atoms with Crippen molar-refractivity contribution in [1.29, 1.82) is 0 Å². The van der Waals surface area contributed by atoms with Gasteiger partial charge in [-0.05, 0) is 37.1 Å². The number of nitrogens with one attached hydrogen (secondary N) is 1. The summed E-state index contributed by atoms with van der Waals surface area (Å²) in [5, 5.41) is 11.2. The molecule has 1 amide bonds. The first-order valence-corrected chi connectivity index (χ1v) is 8.14. The molecular formula is C13H16FNO5S. The van der Waals surface area contributed by atoms with Crippen LogP contribution in [0, 0.1) is 12.7 Å². The standard InChI is InChI=1S/C13H16FNO5S/c1-8-7-9(3-4-10(8)14)12(16)15-11(13(17)18)5-6-21(2,19)20/h3-4,7,11H,5-6H2,1-2H3,(H,15,16)(H,17,18). The number of carboxylic acids is 1. The average Bonchev–Trinajstić information content (AvgIpc) is 2.36. The number of carboxylic acid groups (broad SMARTS) is 1. The maximum Gasteiger partial charge on any atom is 0.326 e. The molecular weight excluding hydrogens is 301 g/mol. The molecule has 21 heavy (non-hydrogen) atoms. The van der Waals surface area contributed by atoms with Crippen molar-refractivity contribution in [3.05, 3.63) is 35.1 Å². The van der Waals surface area contributed by atoms with Gasteiger partial charge in [0.05, 0.1) is 5.75 Å². The van der Waals surface area contributed by atoms with Gasteiger partial charge in [-0.1, -0.05) is 0 Å². The molecule has 0 aliphatic rings. The zero-order valence-electron chi connectivity index (χ0n) is 11.6. The molecule has 0 radical (unpaired) electrons. The van der Waals surface area contributed by atoms with Crippen LogP contribution in [0.15, 0.2) is 18.2 Å². The molecule has 1 aromatic rings. The Balaban J connectivity index is 2.81. The summed E-state index contributed by atoms with van der Waals surface area (Å²) in [5.74, 6) is -2.85. The second-order valence-electron chi connectivity index (χ2n) is 4.75. The number of hydrogen-bond donors (Lipinski definition) is 2. The molecule has 0 spiro atoms. The number of halogens is 1. The summed E-state index contributed by atoms with van der Waals surface area (Å²) >= 11 is 0. The monoisotopic (exact) mass is 317 g/mol. The highest BCUT2D eigenvalue weighted by Gasteiger charge is 2.22. The van der Waals surface area contributed by atoms with Crippen LogP contribution in [0.25, 0.3) is 0 Å². The largest absolute Gasteiger partial charge is 0.480 e. The Bertz CT molecular complexity index is 657. The Morgan fingerprint density at radius 1 is 1.38 bits per heavy atom. The van der Waals surface area contributed by atoms with Gasteiger partial charge in [0, 0.05) is 11.8 Å². The lowest BCUT2D eigenvalue weighted by molar-refractivity contribution is -0.139. The molecule has 0 bridgehead atoms. The number of carbonyl (C=O) groups is 2. The topological polar surface area (TPSA) is 101 Å². The van der Waals surface area contributed by atoms with Crippen LogP contribution in [0.4, 0.5) is 4.39 Å². The smallest absolute Gasteiger partial charge is 0.326 e. The number of amides is 1. The number of benzene rings is 1. The zero-order chi connectivity index (χ0) is 16.2. The average molecular weight is 317 g/mol. The van der Waals surface area contributed by atoms with Gasteiger partial charge in [0.15, 0.2) is 0 Å². The third kappa shape index (κ3) is 5.50. The first-order valence-electron chi connectivity index (χ1n) is 6.07. The second-order valence-corrected chi connectivity index (χ2v) is 7.01. The van der Waals surface area contributed by atoms with E-state index in [4.69, 9.17) is 5.11 Å². The molecule has 0 saturated heterocycles. The fraction of sp³-hybridized carbons (Fsp3) is 0.385. The molecule has 2 N–H and O–H groups in total. The molecule has 1 rings (SSSR count). The van der Waals surface area contributed by atoms with E-state index in [0.717, 1.165) is 12.3 Å². The zero-order valence-corrected chi connectivity index (χ0v) is 12.4. The van der Waals surface area contributed by atoms with E-state index in [0.29, 0.717) is 0 Å². The minimum Gasteiger partial charge on any atom is -0.480 e.